The molecule has 1 aromatic heterocycles. The lowest BCUT2D eigenvalue weighted by Crippen LogP contribution is -2.45. The molecule has 4 atom stereocenters. The molecule has 0 radical (unpaired) electrons. The van der Waals surface area contributed by atoms with E-state index < -0.39 is 6.29 Å². The number of benzene rings is 3. The van der Waals surface area contributed by atoms with Crippen molar-refractivity contribution in [2.45, 2.75) is 129 Å². The van der Waals surface area contributed by atoms with Gasteiger partial charge in [0.15, 0.2) is 6.29 Å². The highest BCUT2D eigenvalue weighted by molar-refractivity contribution is 5.93. The average Bonchev–Trinajstić information content (AvgIpc) is 3.20. The van der Waals surface area contributed by atoms with Crippen molar-refractivity contribution in [3.05, 3.63) is 107 Å². The van der Waals surface area contributed by atoms with Crippen molar-refractivity contribution in [3.63, 3.8) is 0 Å². The molecular formula is C45H62N4O4. The Balaban J connectivity index is 1.26. The average molecular weight is 723 g/mol. The third kappa shape index (κ3) is 12.4. The number of hydrogen-bond donors (Lipinski definition) is 2. The SMILES string of the molecule is CCCCCCCCN(CCCCCCCC)C[C@H]1O[C@@H](c2ccc(CNC(=O)c3cnc4ccccc4n3)cc2)O[C@@H](c2ccc(CO)cc2)[C@H]1C. The number of amides is 1. The maximum absolute atomic E-state index is 12.9. The molecule has 0 unspecified atom stereocenters. The van der Waals surface area contributed by atoms with Crippen LogP contribution in [0.1, 0.15) is 143 Å². The van der Waals surface area contributed by atoms with Crippen LogP contribution in [0, 0.1) is 5.92 Å². The van der Waals surface area contributed by atoms with Crippen LogP contribution in [0.15, 0.2) is 79.0 Å². The number of nitrogens with one attached hydrogen (secondary N) is 1. The van der Waals surface area contributed by atoms with Gasteiger partial charge in [-0.25, -0.2) is 4.98 Å². The number of nitrogens with zero attached hydrogens (tertiary/aromatic N) is 3. The first-order valence-corrected chi connectivity index (χ1v) is 20.3. The largest absolute Gasteiger partial charge is 0.392 e. The lowest BCUT2D eigenvalue weighted by Gasteiger charge is -2.43. The van der Waals surface area contributed by atoms with E-state index in [1.165, 1.54) is 83.2 Å². The second-order valence-corrected chi connectivity index (χ2v) is 14.8. The second kappa shape index (κ2) is 21.9. The Hall–Kier alpha value is -3.69. The molecule has 1 fully saturated rings. The number of aromatic nitrogens is 2. The number of carbonyl (C=O) groups is 1. The van der Waals surface area contributed by atoms with Crippen LogP contribution < -0.4 is 5.32 Å². The zero-order valence-electron chi connectivity index (χ0n) is 32.3. The van der Waals surface area contributed by atoms with E-state index in [0.29, 0.717) is 17.8 Å². The van der Waals surface area contributed by atoms with Crippen LogP contribution in [0.25, 0.3) is 11.0 Å². The number of aliphatic hydroxyl groups excluding tert-OH is 1. The Morgan fingerprint density at radius 2 is 1.32 bits per heavy atom. The first-order valence-electron chi connectivity index (χ1n) is 20.3. The zero-order chi connectivity index (χ0) is 37.3. The van der Waals surface area contributed by atoms with Gasteiger partial charge in [0, 0.05) is 24.6 Å². The molecule has 8 nitrogen and oxygen atoms in total. The van der Waals surface area contributed by atoms with Gasteiger partial charge in [-0.1, -0.05) is 146 Å². The molecule has 53 heavy (non-hydrogen) atoms. The lowest BCUT2D eigenvalue weighted by molar-refractivity contribution is -0.276. The molecule has 286 valence electrons. The summed E-state index contributed by atoms with van der Waals surface area (Å²) in [6.45, 7) is 10.3. The van der Waals surface area contributed by atoms with Gasteiger partial charge in [-0.05, 0) is 54.8 Å². The van der Waals surface area contributed by atoms with Crippen molar-refractivity contribution < 1.29 is 19.4 Å². The fourth-order valence-electron chi connectivity index (χ4n) is 7.24. The van der Waals surface area contributed by atoms with E-state index in [1.807, 2.05) is 60.7 Å². The lowest BCUT2D eigenvalue weighted by atomic mass is 9.90. The smallest absolute Gasteiger partial charge is 0.271 e. The van der Waals surface area contributed by atoms with E-state index in [9.17, 15) is 9.90 Å². The molecule has 0 bridgehead atoms. The maximum Gasteiger partial charge on any atom is 0.271 e. The Morgan fingerprint density at radius 3 is 1.96 bits per heavy atom. The molecule has 1 aliphatic rings. The van der Waals surface area contributed by atoms with Gasteiger partial charge in [0.05, 0.1) is 36.0 Å². The number of fused-ring (bicyclic) bond motifs is 1. The van der Waals surface area contributed by atoms with Crippen molar-refractivity contribution in [2.24, 2.45) is 5.92 Å². The van der Waals surface area contributed by atoms with Gasteiger partial charge >= 0.3 is 0 Å². The predicted octanol–water partition coefficient (Wildman–Crippen LogP) is 9.87. The first-order chi connectivity index (χ1) is 26.0. The number of para-hydroxylation sites is 2. The summed E-state index contributed by atoms with van der Waals surface area (Å²) in [5.41, 5.74) is 5.66. The van der Waals surface area contributed by atoms with Gasteiger partial charge in [-0.3, -0.25) is 9.78 Å². The summed E-state index contributed by atoms with van der Waals surface area (Å²) < 4.78 is 13.6. The molecule has 0 saturated carbocycles. The minimum Gasteiger partial charge on any atom is -0.392 e. The molecule has 0 aliphatic carbocycles. The van der Waals surface area contributed by atoms with Crippen molar-refractivity contribution in [2.75, 3.05) is 19.6 Å². The van der Waals surface area contributed by atoms with Crippen molar-refractivity contribution in [1.82, 2.24) is 20.2 Å². The highest BCUT2D eigenvalue weighted by atomic mass is 16.7. The van der Waals surface area contributed by atoms with E-state index in [1.54, 1.807) is 0 Å². The van der Waals surface area contributed by atoms with Crippen molar-refractivity contribution in [1.29, 1.82) is 0 Å². The Labute approximate surface area is 317 Å². The van der Waals surface area contributed by atoms with Crippen LogP contribution in [-0.2, 0) is 22.6 Å². The minimum atomic E-state index is -0.528. The molecule has 1 amide bonds. The van der Waals surface area contributed by atoms with Gasteiger partial charge in [0.1, 0.15) is 5.69 Å². The molecule has 5 rings (SSSR count). The molecule has 4 aromatic rings. The molecule has 1 saturated heterocycles. The van der Waals surface area contributed by atoms with Gasteiger partial charge in [0.2, 0.25) is 0 Å². The summed E-state index contributed by atoms with van der Waals surface area (Å²) in [5, 5.41) is 12.7. The molecular weight excluding hydrogens is 661 g/mol. The molecule has 1 aliphatic heterocycles. The topological polar surface area (TPSA) is 96.8 Å². The molecule has 8 heteroatoms. The third-order valence-corrected chi connectivity index (χ3v) is 10.6. The van der Waals surface area contributed by atoms with Crippen LogP contribution in [0.3, 0.4) is 0 Å². The van der Waals surface area contributed by atoms with Crippen LogP contribution in [0.5, 0.6) is 0 Å². The second-order valence-electron chi connectivity index (χ2n) is 14.8. The van der Waals surface area contributed by atoms with Gasteiger partial charge in [0.25, 0.3) is 5.91 Å². The van der Waals surface area contributed by atoms with Gasteiger partial charge in [-0.15, -0.1) is 0 Å². The Morgan fingerprint density at radius 1 is 0.736 bits per heavy atom. The fraction of sp³-hybridized carbons (Fsp3) is 0.533. The Bertz CT molecular complexity index is 1630. The standard InChI is InChI=1S/C45H62N4O4/c1-4-6-8-10-12-16-28-49(29-17-13-11-9-7-5-2)32-42-34(3)43(37-24-22-36(33-50)23-25-37)53-45(52-42)38-26-20-35(21-27-38)30-47-44(51)41-31-46-39-18-14-15-19-40(39)48-41/h14-15,18-27,31,34,42-43,45,50H,4-13,16-17,28-30,32-33H2,1-3H3,(H,47,51)/t34-,42+,43+,45+/m0/s1. The molecule has 2 N–H and O–H groups in total. The van der Waals surface area contributed by atoms with Crippen molar-refractivity contribution >= 4 is 16.9 Å². The van der Waals surface area contributed by atoms with Gasteiger partial charge < -0.3 is 24.8 Å². The van der Waals surface area contributed by atoms with Crippen LogP contribution in [-0.4, -0.2) is 51.6 Å². The maximum atomic E-state index is 12.9. The highest BCUT2D eigenvalue weighted by Gasteiger charge is 2.39. The molecule has 3 aromatic carbocycles. The van der Waals surface area contributed by atoms with E-state index in [2.05, 4.69) is 53.1 Å². The number of hydrogen-bond acceptors (Lipinski definition) is 7. The van der Waals surface area contributed by atoms with E-state index >= 15 is 0 Å². The Kier molecular flexibility index (Phi) is 16.7. The summed E-state index contributed by atoms with van der Waals surface area (Å²) in [4.78, 5) is 24.4. The summed E-state index contributed by atoms with van der Waals surface area (Å²) in [7, 11) is 0. The number of unbranched alkanes of at least 4 members (excludes halogenated alkanes) is 10. The molecule has 2 heterocycles. The number of aliphatic hydroxyl groups is 1. The number of ether oxygens (including phenoxy) is 2. The van der Waals surface area contributed by atoms with Crippen LogP contribution in [0.2, 0.25) is 0 Å². The predicted molar refractivity (Wildman–Crippen MR) is 213 cm³/mol. The minimum absolute atomic E-state index is 0.0153. The fourth-order valence-corrected chi connectivity index (χ4v) is 7.24. The number of carbonyl (C=O) groups excluding carboxylic acids is 1. The highest BCUT2D eigenvalue weighted by Crippen LogP contribution is 2.42. The normalized spacial score (nSPS) is 18.8. The zero-order valence-corrected chi connectivity index (χ0v) is 32.3. The van der Waals surface area contributed by atoms with E-state index in [-0.39, 0.29) is 30.6 Å². The summed E-state index contributed by atoms with van der Waals surface area (Å²) >= 11 is 0. The molecule has 0 spiro atoms. The quantitative estimate of drug-likeness (QED) is 0.0780. The van der Waals surface area contributed by atoms with Crippen molar-refractivity contribution in [3.8, 4) is 0 Å². The van der Waals surface area contributed by atoms with E-state index in [0.717, 1.165) is 47.4 Å². The van der Waals surface area contributed by atoms with Crippen LogP contribution >= 0.6 is 0 Å². The van der Waals surface area contributed by atoms with Gasteiger partial charge in [-0.2, -0.15) is 0 Å². The van der Waals surface area contributed by atoms with Crippen LogP contribution in [0.4, 0.5) is 0 Å². The number of rotatable bonds is 22. The third-order valence-electron chi connectivity index (χ3n) is 10.6. The summed E-state index contributed by atoms with van der Waals surface area (Å²) in [6, 6.07) is 23.8. The van der Waals surface area contributed by atoms with E-state index in [4.69, 9.17) is 9.47 Å². The first kappa shape index (κ1) is 40.5. The summed E-state index contributed by atoms with van der Waals surface area (Å²) in [6.07, 6.45) is 16.3. The summed E-state index contributed by atoms with van der Waals surface area (Å²) in [5.74, 6) is -0.125. The monoisotopic (exact) mass is 722 g/mol.